The van der Waals surface area contributed by atoms with Gasteiger partial charge in [-0.05, 0) is 56.2 Å². The van der Waals surface area contributed by atoms with E-state index in [1.807, 2.05) is 0 Å². The predicted octanol–water partition coefficient (Wildman–Crippen LogP) is 3.21. The minimum atomic E-state index is 0.331. The van der Waals surface area contributed by atoms with Gasteiger partial charge in [-0.25, -0.2) is 0 Å². The lowest BCUT2D eigenvalue weighted by Gasteiger charge is -2.25. The number of benzene rings is 1. The molecule has 0 aliphatic heterocycles. The molecule has 94 valence electrons. The fourth-order valence-corrected chi connectivity index (χ4v) is 2.53. The summed E-state index contributed by atoms with van der Waals surface area (Å²) in [5.41, 5.74) is 8.37. The van der Waals surface area contributed by atoms with E-state index in [2.05, 4.69) is 24.3 Å². The van der Waals surface area contributed by atoms with E-state index in [4.69, 9.17) is 10.5 Å². The minimum absolute atomic E-state index is 0.331. The molecular formula is C15H23NO. The van der Waals surface area contributed by atoms with Gasteiger partial charge in [-0.1, -0.05) is 24.3 Å². The Labute approximate surface area is 104 Å². The smallest absolute Gasteiger partial charge is 0.0827 e. The summed E-state index contributed by atoms with van der Waals surface area (Å²) in [7, 11) is 0. The molecule has 1 aliphatic rings. The van der Waals surface area contributed by atoms with Gasteiger partial charge in [0, 0.05) is 6.61 Å². The highest BCUT2D eigenvalue weighted by Crippen LogP contribution is 2.32. The van der Waals surface area contributed by atoms with Gasteiger partial charge in [0.2, 0.25) is 0 Å². The van der Waals surface area contributed by atoms with Gasteiger partial charge < -0.3 is 10.5 Å². The lowest BCUT2D eigenvalue weighted by Crippen LogP contribution is -2.13. The second-order valence-corrected chi connectivity index (χ2v) is 4.80. The highest BCUT2D eigenvalue weighted by atomic mass is 16.5. The zero-order valence-electron chi connectivity index (χ0n) is 10.5. The van der Waals surface area contributed by atoms with E-state index in [1.165, 1.54) is 36.8 Å². The summed E-state index contributed by atoms with van der Waals surface area (Å²) in [4.78, 5) is 0. The number of unbranched alkanes of at least 4 members (excludes halogenated alkanes) is 2. The van der Waals surface area contributed by atoms with Crippen molar-refractivity contribution in [2.45, 2.75) is 44.6 Å². The van der Waals surface area contributed by atoms with E-state index < -0.39 is 0 Å². The van der Waals surface area contributed by atoms with Crippen LogP contribution in [0.25, 0.3) is 0 Å². The molecule has 0 saturated carbocycles. The van der Waals surface area contributed by atoms with E-state index in [1.54, 1.807) is 0 Å². The van der Waals surface area contributed by atoms with Gasteiger partial charge in [0.25, 0.3) is 0 Å². The molecule has 0 bridgehead atoms. The Morgan fingerprint density at radius 3 is 2.94 bits per heavy atom. The molecule has 0 spiro atoms. The van der Waals surface area contributed by atoms with Crippen LogP contribution in [0.4, 0.5) is 0 Å². The summed E-state index contributed by atoms with van der Waals surface area (Å²) < 4.78 is 6.02. The summed E-state index contributed by atoms with van der Waals surface area (Å²) in [6.07, 6.45) is 7.41. The Hall–Kier alpha value is -0.860. The van der Waals surface area contributed by atoms with Crippen LogP contribution < -0.4 is 5.73 Å². The van der Waals surface area contributed by atoms with E-state index in [-0.39, 0.29) is 0 Å². The zero-order chi connectivity index (χ0) is 11.9. The zero-order valence-corrected chi connectivity index (χ0v) is 10.5. The van der Waals surface area contributed by atoms with Crippen molar-refractivity contribution in [3.8, 4) is 0 Å². The molecule has 0 amide bonds. The molecular weight excluding hydrogens is 210 g/mol. The number of fused-ring (bicyclic) bond motifs is 1. The molecule has 2 nitrogen and oxygen atoms in total. The third kappa shape index (κ3) is 3.55. The maximum Gasteiger partial charge on any atom is 0.0827 e. The summed E-state index contributed by atoms with van der Waals surface area (Å²) in [5, 5.41) is 0. The second kappa shape index (κ2) is 6.77. The van der Waals surface area contributed by atoms with Gasteiger partial charge >= 0.3 is 0 Å². The lowest BCUT2D eigenvalue weighted by molar-refractivity contribution is 0.0383. The average Bonchev–Trinajstić information content (AvgIpc) is 2.39. The molecule has 0 heterocycles. The summed E-state index contributed by atoms with van der Waals surface area (Å²) >= 11 is 0. The number of ether oxygens (including phenoxy) is 1. The maximum absolute atomic E-state index is 6.02. The molecule has 1 aliphatic carbocycles. The highest BCUT2D eigenvalue weighted by Gasteiger charge is 2.19. The van der Waals surface area contributed by atoms with E-state index >= 15 is 0 Å². The Bertz CT molecular complexity index is 337. The molecule has 1 aromatic carbocycles. The predicted molar refractivity (Wildman–Crippen MR) is 71.0 cm³/mol. The van der Waals surface area contributed by atoms with E-state index in [0.717, 1.165) is 26.0 Å². The van der Waals surface area contributed by atoms with Crippen molar-refractivity contribution >= 4 is 0 Å². The van der Waals surface area contributed by atoms with Crippen LogP contribution in [0.1, 0.15) is 49.3 Å². The number of hydrogen-bond acceptors (Lipinski definition) is 2. The fraction of sp³-hybridized carbons (Fsp3) is 0.600. The van der Waals surface area contributed by atoms with Crippen LogP contribution in [0.2, 0.25) is 0 Å². The fourth-order valence-electron chi connectivity index (χ4n) is 2.53. The Morgan fingerprint density at radius 2 is 2.06 bits per heavy atom. The van der Waals surface area contributed by atoms with Gasteiger partial charge in [0.1, 0.15) is 0 Å². The molecule has 1 unspecified atom stereocenters. The Morgan fingerprint density at radius 1 is 1.18 bits per heavy atom. The first-order valence-corrected chi connectivity index (χ1v) is 6.81. The van der Waals surface area contributed by atoms with Crippen molar-refractivity contribution in [1.82, 2.24) is 0 Å². The topological polar surface area (TPSA) is 35.2 Å². The van der Waals surface area contributed by atoms with Gasteiger partial charge in [0.05, 0.1) is 6.10 Å². The standard InChI is InChI=1S/C15H23NO/c16-11-4-1-5-12-17-15-10-6-8-13-7-2-3-9-14(13)15/h2-3,7,9,15H,1,4-6,8,10-12,16H2. The molecule has 1 atom stereocenters. The van der Waals surface area contributed by atoms with Crippen molar-refractivity contribution in [2.75, 3.05) is 13.2 Å². The molecule has 0 fully saturated rings. The summed E-state index contributed by atoms with van der Waals surface area (Å²) in [5.74, 6) is 0. The van der Waals surface area contributed by atoms with Crippen LogP contribution in [0.15, 0.2) is 24.3 Å². The van der Waals surface area contributed by atoms with Gasteiger partial charge in [-0.15, -0.1) is 0 Å². The van der Waals surface area contributed by atoms with Crippen LogP contribution in [-0.2, 0) is 11.2 Å². The Balaban J connectivity index is 1.82. The van der Waals surface area contributed by atoms with Crippen LogP contribution in [0.5, 0.6) is 0 Å². The molecule has 1 aromatic rings. The molecule has 0 saturated heterocycles. The molecule has 2 heteroatoms. The van der Waals surface area contributed by atoms with Crippen molar-refractivity contribution in [1.29, 1.82) is 0 Å². The van der Waals surface area contributed by atoms with Crippen molar-refractivity contribution in [3.05, 3.63) is 35.4 Å². The summed E-state index contributed by atoms with van der Waals surface area (Å²) in [6.45, 7) is 1.67. The summed E-state index contributed by atoms with van der Waals surface area (Å²) in [6, 6.07) is 8.70. The van der Waals surface area contributed by atoms with Crippen LogP contribution in [0, 0.1) is 0 Å². The van der Waals surface area contributed by atoms with Crippen LogP contribution >= 0.6 is 0 Å². The van der Waals surface area contributed by atoms with Crippen molar-refractivity contribution in [2.24, 2.45) is 5.73 Å². The molecule has 0 radical (unpaired) electrons. The number of aryl methyl sites for hydroxylation is 1. The first kappa shape index (κ1) is 12.6. The number of rotatable bonds is 6. The van der Waals surface area contributed by atoms with Crippen molar-refractivity contribution in [3.63, 3.8) is 0 Å². The SMILES string of the molecule is NCCCCCOC1CCCc2ccccc21. The van der Waals surface area contributed by atoms with E-state index in [0.29, 0.717) is 6.10 Å². The first-order chi connectivity index (χ1) is 8.42. The molecule has 17 heavy (non-hydrogen) atoms. The first-order valence-electron chi connectivity index (χ1n) is 6.81. The third-order valence-electron chi connectivity index (χ3n) is 3.48. The molecule has 0 aromatic heterocycles. The Kier molecular flexibility index (Phi) is 5.02. The minimum Gasteiger partial charge on any atom is -0.374 e. The second-order valence-electron chi connectivity index (χ2n) is 4.80. The van der Waals surface area contributed by atoms with Gasteiger partial charge in [-0.3, -0.25) is 0 Å². The lowest BCUT2D eigenvalue weighted by atomic mass is 9.89. The molecule has 2 N–H and O–H groups in total. The van der Waals surface area contributed by atoms with Crippen LogP contribution in [0.3, 0.4) is 0 Å². The molecule has 2 rings (SSSR count). The van der Waals surface area contributed by atoms with Gasteiger partial charge in [-0.2, -0.15) is 0 Å². The van der Waals surface area contributed by atoms with Crippen LogP contribution in [-0.4, -0.2) is 13.2 Å². The number of hydrogen-bond donors (Lipinski definition) is 1. The highest BCUT2D eigenvalue weighted by molar-refractivity contribution is 5.31. The normalized spacial score (nSPS) is 19.0. The largest absolute Gasteiger partial charge is 0.374 e. The average molecular weight is 233 g/mol. The van der Waals surface area contributed by atoms with Gasteiger partial charge in [0.15, 0.2) is 0 Å². The monoisotopic (exact) mass is 233 g/mol. The number of nitrogens with two attached hydrogens (primary N) is 1. The van der Waals surface area contributed by atoms with Crippen molar-refractivity contribution < 1.29 is 4.74 Å². The third-order valence-corrected chi connectivity index (χ3v) is 3.48. The maximum atomic E-state index is 6.02. The van der Waals surface area contributed by atoms with E-state index in [9.17, 15) is 0 Å². The quantitative estimate of drug-likeness (QED) is 0.766.